The summed E-state index contributed by atoms with van der Waals surface area (Å²) < 4.78 is 4.65. The molecular formula is C20H22N2O4. The number of hydrogen-bond donors (Lipinski definition) is 2. The van der Waals surface area contributed by atoms with Crippen LogP contribution in [0, 0.1) is 0 Å². The van der Waals surface area contributed by atoms with Crippen LogP contribution in [0.15, 0.2) is 54.6 Å². The Labute approximate surface area is 152 Å². The van der Waals surface area contributed by atoms with Gasteiger partial charge >= 0.3 is 5.97 Å². The van der Waals surface area contributed by atoms with Gasteiger partial charge in [0.05, 0.1) is 12.7 Å². The average Bonchev–Trinajstić information content (AvgIpc) is 2.68. The minimum Gasteiger partial charge on any atom is -0.465 e. The Bertz CT molecular complexity index is 757. The molecule has 1 atom stereocenters. The van der Waals surface area contributed by atoms with Crippen molar-refractivity contribution in [2.75, 3.05) is 13.7 Å². The zero-order valence-electron chi connectivity index (χ0n) is 14.8. The number of carbonyl (C=O) groups excluding carboxylic acids is 3. The lowest BCUT2D eigenvalue weighted by Crippen LogP contribution is -2.45. The maximum Gasteiger partial charge on any atom is 0.337 e. The van der Waals surface area contributed by atoms with Crippen molar-refractivity contribution in [1.82, 2.24) is 10.6 Å². The molecular weight excluding hydrogens is 332 g/mol. The first-order chi connectivity index (χ1) is 12.5. The molecule has 136 valence electrons. The average molecular weight is 354 g/mol. The zero-order chi connectivity index (χ0) is 18.9. The van der Waals surface area contributed by atoms with Crippen molar-refractivity contribution < 1.29 is 19.1 Å². The number of nitrogens with one attached hydrogen (secondary N) is 2. The number of benzene rings is 2. The minimum absolute atomic E-state index is 0.250. The van der Waals surface area contributed by atoms with E-state index in [1.807, 2.05) is 18.2 Å². The van der Waals surface area contributed by atoms with E-state index < -0.39 is 6.04 Å². The molecule has 6 heteroatoms. The summed E-state index contributed by atoms with van der Waals surface area (Å²) in [4.78, 5) is 35.5. The molecule has 2 aromatic rings. The highest BCUT2D eigenvalue weighted by Crippen LogP contribution is 2.06. The van der Waals surface area contributed by atoms with Crippen LogP contribution >= 0.6 is 0 Å². The third kappa shape index (κ3) is 5.44. The molecule has 0 aromatic heterocycles. The van der Waals surface area contributed by atoms with Crippen LogP contribution in [0.1, 0.15) is 33.2 Å². The topological polar surface area (TPSA) is 84.5 Å². The third-order valence-corrected chi connectivity index (χ3v) is 3.86. The Hall–Kier alpha value is -3.15. The summed E-state index contributed by atoms with van der Waals surface area (Å²) in [6.07, 6.45) is 0.618. The Kier molecular flexibility index (Phi) is 6.91. The van der Waals surface area contributed by atoms with E-state index in [9.17, 15) is 14.4 Å². The highest BCUT2D eigenvalue weighted by molar-refractivity contribution is 5.97. The summed E-state index contributed by atoms with van der Waals surface area (Å²) in [6.45, 7) is 2.07. The van der Waals surface area contributed by atoms with Gasteiger partial charge in [-0.2, -0.15) is 0 Å². The van der Waals surface area contributed by atoms with Crippen molar-refractivity contribution >= 4 is 17.8 Å². The molecule has 0 heterocycles. The van der Waals surface area contributed by atoms with Gasteiger partial charge in [0, 0.05) is 12.1 Å². The summed E-state index contributed by atoms with van der Waals surface area (Å²) in [6, 6.07) is 15.1. The van der Waals surface area contributed by atoms with Gasteiger partial charge in [0.25, 0.3) is 5.91 Å². The van der Waals surface area contributed by atoms with E-state index in [1.54, 1.807) is 43.3 Å². The lowest BCUT2D eigenvalue weighted by Gasteiger charge is -2.14. The van der Waals surface area contributed by atoms with E-state index >= 15 is 0 Å². The normalized spacial score (nSPS) is 11.3. The molecule has 0 aliphatic rings. The van der Waals surface area contributed by atoms with Gasteiger partial charge in [0.1, 0.15) is 6.04 Å². The Morgan fingerprint density at radius 2 is 1.62 bits per heavy atom. The van der Waals surface area contributed by atoms with Crippen LogP contribution in [-0.2, 0) is 16.0 Å². The molecule has 1 unspecified atom stereocenters. The van der Waals surface area contributed by atoms with Crippen LogP contribution < -0.4 is 10.6 Å². The second kappa shape index (κ2) is 9.36. The number of amides is 2. The first-order valence-electron chi connectivity index (χ1n) is 8.32. The molecule has 0 saturated carbocycles. The monoisotopic (exact) mass is 354 g/mol. The second-order valence-corrected chi connectivity index (χ2v) is 5.79. The second-order valence-electron chi connectivity index (χ2n) is 5.79. The number of hydrogen-bond acceptors (Lipinski definition) is 4. The van der Waals surface area contributed by atoms with Crippen LogP contribution in [0.4, 0.5) is 0 Å². The van der Waals surface area contributed by atoms with Gasteiger partial charge in [0.2, 0.25) is 5.91 Å². The summed E-state index contributed by atoms with van der Waals surface area (Å²) in [5.74, 6) is -0.917. The molecule has 6 nitrogen and oxygen atoms in total. The predicted octanol–water partition coefficient (Wildman–Crippen LogP) is 1.95. The van der Waals surface area contributed by atoms with Crippen molar-refractivity contribution in [2.24, 2.45) is 0 Å². The fraction of sp³-hybridized carbons (Fsp3) is 0.250. The largest absolute Gasteiger partial charge is 0.465 e. The number of esters is 1. The maximum atomic E-state index is 12.1. The Morgan fingerprint density at radius 1 is 0.962 bits per heavy atom. The van der Waals surface area contributed by atoms with Crippen molar-refractivity contribution in [1.29, 1.82) is 0 Å². The summed E-state index contributed by atoms with van der Waals surface area (Å²) in [5.41, 5.74) is 1.98. The molecule has 0 aliphatic carbocycles. The molecule has 0 radical (unpaired) electrons. The molecule has 26 heavy (non-hydrogen) atoms. The molecule has 0 saturated heterocycles. The molecule has 2 N–H and O–H groups in total. The van der Waals surface area contributed by atoms with Crippen molar-refractivity contribution in [3.05, 3.63) is 71.3 Å². The van der Waals surface area contributed by atoms with Crippen molar-refractivity contribution in [2.45, 2.75) is 19.4 Å². The van der Waals surface area contributed by atoms with E-state index in [2.05, 4.69) is 15.4 Å². The zero-order valence-corrected chi connectivity index (χ0v) is 14.8. The van der Waals surface area contributed by atoms with E-state index in [1.165, 1.54) is 7.11 Å². The third-order valence-electron chi connectivity index (χ3n) is 3.86. The number of rotatable bonds is 7. The van der Waals surface area contributed by atoms with Gasteiger partial charge in [-0.05, 0) is 43.2 Å². The van der Waals surface area contributed by atoms with Crippen molar-refractivity contribution in [3.8, 4) is 0 Å². The lowest BCUT2D eigenvalue weighted by molar-refractivity contribution is -0.122. The van der Waals surface area contributed by atoms with Gasteiger partial charge in [0.15, 0.2) is 0 Å². The summed E-state index contributed by atoms with van der Waals surface area (Å²) in [7, 11) is 1.34. The van der Waals surface area contributed by atoms with Crippen LogP contribution in [0.5, 0.6) is 0 Å². The first-order valence-corrected chi connectivity index (χ1v) is 8.32. The van der Waals surface area contributed by atoms with Gasteiger partial charge in [-0.25, -0.2) is 4.79 Å². The Balaban J connectivity index is 1.77. The fourth-order valence-electron chi connectivity index (χ4n) is 2.34. The highest BCUT2D eigenvalue weighted by atomic mass is 16.5. The number of ether oxygens (including phenoxy) is 1. The van der Waals surface area contributed by atoms with E-state index in [-0.39, 0.29) is 17.8 Å². The number of carbonyl (C=O) groups is 3. The Morgan fingerprint density at radius 3 is 2.23 bits per heavy atom. The van der Waals surface area contributed by atoms with Gasteiger partial charge in [-0.3, -0.25) is 9.59 Å². The van der Waals surface area contributed by atoms with Crippen LogP contribution in [0.2, 0.25) is 0 Å². The molecule has 2 amide bonds. The standard InChI is InChI=1S/C20H22N2O4/c1-14(22-19(24)16-6-4-3-5-7-16)18(23)21-13-12-15-8-10-17(11-9-15)20(25)26-2/h3-11,14H,12-13H2,1-2H3,(H,21,23)(H,22,24). The molecule has 2 rings (SSSR count). The van der Waals surface area contributed by atoms with Gasteiger partial charge in [-0.15, -0.1) is 0 Å². The SMILES string of the molecule is COC(=O)c1ccc(CCNC(=O)C(C)NC(=O)c2ccccc2)cc1. The maximum absolute atomic E-state index is 12.1. The van der Waals surface area contributed by atoms with Crippen molar-refractivity contribution in [3.63, 3.8) is 0 Å². The first kappa shape index (κ1) is 19.2. The van der Waals surface area contributed by atoms with Gasteiger partial charge < -0.3 is 15.4 Å². The van der Waals surface area contributed by atoms with Crippen LogP contribution in [-0.4, -0.2) is 37.5 Å². The van der Waals surface area contributed by atoms with E-state index in [0.717, 1.165) is 5.56 Å². The summed E-state index contributed by atoms with van der Waals surface area (Å²) in [5, 5.41) is 5.46. The molecule has 2 aromatic carbocycles. The number of methoxy groups -OCH3 is 1. The van der Waals surface area contributed by atoms with Crippen LogP contribution in [0.3, 0.4) is 0 Å². The molecule has 0 bridgehead atoms. The molecule has 0 aliphatic heterocycles. The van der Waals surface area contributed by atoms with E-state index in [0.29, 0.717) is 24.1 Å². The smallest absolute Gasteiger partial charge is 0.337 e. The molecule has 0 spiro atoms. The highest BCUT2D eigenvalue weighted by Gasteiger charge is 2.16. The quantitative estimate of drug-likeness (QED) is 0.745. The lowest BCUT2D eigenvalue weighted by atomic mass is 10.1. The van der Waals surface area contributed by atoms with E-state index in [4.69, 9.17) is 0 Å². The minimum atomic E-state index is -0.635. The molecule has 0 fully saturated rings. The summed E-state index contributed by atoms with van der Waals surface area (Å²) >= 11 is 0. The van der Waals surface area contributed by atoms with Crippen LogP contribution in [0.25, 0.3) is 0 Å². The van der Waals surface area contributed by atoms with Gasteiger partial charge in [-0.1, -0.05) is 30.3 Å². The fourth-order valence-corrected chi connectivity index (χ4v) is 2.34. The predicted molar refractivity (Wildman–Crippen MR) is 97.9 cm³/mol.